The molecule has 0 N–H and O–H groups in total. The van der Waals surface area contributed by atoms with Crippen molar-refractivity contribution in [3.05, 3.63) is 48.0 Å². The molecule has 2 aliphatic heterocycles. The molecule has 3 rings (SSSR count). The lowest BCUT2D eigenvalue weighted by Gasteiger charge is -2.47. The molecule has 1 saturated heterocycles. The second kappa shape index (κ2) is 10.3. The Hall–Kier alpha value is -1.02. The molecule has 5 nitrogen and oxygen atoms in total. The van der Waals surface area contributed by atoms with Gasteiger partial charge in [-0.25, -0.2) is 0 Å². The topological polar surface area (TPSA) is 46.2 Å². The van der Waals surface area contributed by atoms with E-state index in [9.17, 15) is 0 Å². The summed E-state index contributed by atoms with van der Waals surface area (Å²) >= 11 is 0. The van der Waals surface area contributed by atoms with Crippen LogP contribution in [0.1, 0.15) is 53.0 Å². The summed E-state index contributed by atoms with van der Waals surface area (Å²) in [5.74, 6) is 0. The van der Waals surface area contributed by atoms with Gasteiger partial charge in [0.15, 0.2) is 20.9 Å². The molecule has 1 fully saturated rings. The van der Waals surface area contributed by atoms with Crippen molar-refractivity contribution in [2.24, 2.45) is 0 Å². The van der Waals surface area contributed by atoms with E-state index >= 15 is 0 Å². The van der Waals surface area contributed by atoms with Gasteiger partial charge in [-0.05, 0) is 37.5 Å². The molecule has 0 saturated carbocycles. The Bertz CT molecular complexity index is 714. The first-order valence-corrected chi connectivity index (χ1v) is 14.4. The molecule has 0 amide bonds. The summed E-state index contributed by atoms with van der Waals surface area (Å²) in [5, 5.41) is 0.109. The lowest BCUT2D eigenvalue weighted by Crippen LogP contribution is -2.56. The molecule has 1 aromatic carbocycles. The molecule has 6 heteroatoms. The minimum Gasteiger partial charge on any atom is -0.411 e. The molecule has 0 unspecified atom stereocenters. The van der Waals surface area contributed by atoms with Crippen molar-refractivity contribution in [3.63, 3.8) is 0 Å². The van der Waals surface area contributed by atoms with E-state index in [1.54, 1.807) is 0 Å². The van der Waals surface area contributed by atoms with Crippen molar-refractivity contribution in [2.45, 2.75) is 109 Å². The van der Waals surface area contributed by atoms with Gasteiger partial charge in [-0.15, -0.1) is 0 Å². The van der Waals surface area contributed by atoms with Gasteiger partial charge < -0.3 is 23.4 Å². The zero-order chi connectivity index (χ0) is 22.6. The highest BCUT2D eigenvalue weighted by atomic mass is 28.4. The van der Waals surface area contributed by atoms with Crippen molar-refractivity contribution < 1.29 is 23.4 Å². The molecule has 31 heavy (non-hydrogen) atoms. The van der Waals surface area contributed by atoms with E-state index in [2.05, 4.69) is 58.2 Å². The van der Waals surface area contributed by atoms with Crippen molar-refractivity contribution in [1.29, 1.82) is 0 Å². The van der Waals surface area contributed by atoms with Crippen LogP contribution in [0, 0.1) is 0 Å². The first-order chi connectivity index (χ1) is 14.5. The average molecular weight is 449 g/mol. The van der Waals surface area contributed by atoms with Crippen LogP contribution in [-0.2, 0) is 30.0 Å². The molecule has 0 spiro atoms. The zero-order valence-corrected chi connectivity index (χ0v) is 21.2. The zero-order valence-electron chi connectivity index (χ0n) is 20.2. The standard InChI is InChI=1S/C25H40O5Si/c1-18-12-11-15-22(27-18)29-24-19(2)28-23(26-17-20-13-9-8-10-14-20)16-21(24)30-31(6,7)25(3,4)5/h8-14,18-19,21-24H,15-17H2,1-7H3/t18-,19-,21-,22+,23-,24-/m1/s1. The van der Waals surface area contributed by atoms with E-state index < -0.39 is 8.32 Å². The third kappa shape index (κ3) is 6.73. The summed E-state index contributed by atoms with van der Waals surface area (Å²) in [4.78, 5) is 0. The summed E-state index contributed by atoms with van der Waals surface area (Å²) in [6.07, 6.45) is 4.58. The van der Waals surface area contributed by atoms with Crippen LogP contribution in [0.3, 0.4) is 0 Å². The van der Waals surface area contributed by atoms with E-state index in [0.717, 1.165) is 12.0 Å². The quantitative estimate of drug-likeness (QED) is 0.389. The average Bonchev–Trinajstić information content (AvgIpc) is 2.69. The minimum atomic E-state index is -2.01. The predicted octanol–water partition coefficient (Wildman–Crippen LogP) is 5.80. The third-order valence-corrected chi connectivity index (χ3v) is 11.1. The van der Waals surface area contributed by atoms with Crippen LogP contribution >= 0.6 is 0 Å². The van der Waals surface area contributed by atoms with E-state index in [1.807, 2.05) is 32.0 Å². The highest BCUT2D eigenvalue weighted by Gasteiger charge is 2.46. The summed E-state index contributed by atoms with van der Waals surface area (Å²) in [5.41, 5.74) is 1.13. The summed E-state index contributed by atoms with van der Waals surface area (Å²) in [6.45, 7) is 16.0. The van der Waals surface area contributed by atoms with Crippen molar-refractivity contribution in [2.75, 3.05) is 0 Å². The number of benzene rings is 1. The van der Waals surface area contributed by atoms with Gasteiger partial charge in [-0.2, -0.15) is 0 Å². The van der Waals surface area contributed by atoms with Crippen LogP contribution in [-0.4, -0.2) is 45.3 Å². The highest BCUT2D eigenvalue weighted by molar-refractivity contribution is 6.74. The monoisotopic (exact) mass is 448 g/mol. The van der Waals surface area contributed by atoms with Crippen LogP contribution in [0.5, 0.6) is 0 Å². The predicted molar refractivity (Wildman–Crippen MR) is 125 cm³/mol. The van der Waals surface area contributed by atoms with E-state index in [0.29, 0.717) is 13.0 Å². The van der Waals surface area contributed by atoms with Crippen LogP contribution < -0.4 is 0 Å². The summed E-state index contributed by atoms with van der Waals surface area (Å²) in [7, 11) is -2.01. The minimum absolute atomic E-state index is 0.0558. The lowest BCUT2D eigenvalue weighted by atomic mass is 10.0. The van der Waals surface area contributed by atoms with Gasteiger partial charge in [0.25, 0.3) is 0 Å². The number of ether oxygens (including phenoxy) is 4. The van der Waals surface area contributed by atoms with Gasteiger partial charge >= 0.3 is 0 Å². The normalized spacial score (nSPS) is 32.2. The SMILES string of the molecule is C[C@@H]1C=CC[C@H](O[C@@H]2[C@@H](C)O[C@@H](OCc3ccccc3)C[C@H]2O[Si](C)(C)C(C)(C)C)O1. The Morgan fingerprint density at radius 3 is 2.39 bits per heavy atom. The summed E-state index contributed by atoms with van der Waals surface area (Å²) in [6, 6.07) is 10.2. The van der Waals surface area contributed by atoms with Crippen LogP contribution in [0.15, 0.2) is 42.5 Å². The maximum atomic E-state index is 6.86. The fourth-order valence-electron chi connectivity index (χ4n) is 3.72. The fraction of sp³-hybridized carbons (Fsp3) is 0.680. The van der Waals surface area contributed by atoms with Gasteiger partial charge in [0.1, 0.15) is 6.10 Å². The molecular weight excluding hydrogens is 408 g/mol. The molecule has 0 bridgehead atoms. The van der Waals surface area contributed by atoms with Gasteiger partial charge in [0.05, 0.1) is 24.9 Å². The Morgan fingerprint density at radius 1 is 1.03 bits per heavy atom. The Labute approximate surface area is 189 Å². The molecule has 0 aliphatic carbocycles. The van der Waals surface area contributed by atoms with Gasteiger partial charge in [-0.3, -0.25) is 0 Å². The molecule has 0 radical (unpaired) electrons. The maximum Gasteiger partial charge on any atom is 0.192 e. The van der Waals surface area contributed by atoms with Gasteiger partial charge in [0.2, 0.25) is 0 Å². The first kappa shape index (κ1) is 24.6. The molecule has 0 aromatic heterocycles. The third-order valence-electron chi connectivity index (χ3n) is 6.56. The lowest BCUT2D eigenvalue weighted by molar-refractivity contribution is -0.288. The van der Waals surface area contributed by atoms with E-state index in [-0.39, 0.29) is 42.0 Å². The molecule has 2 aliphatic rings. The highest BCUT2D eigenvalue weighted by Crippen LogP contribution is 2.40. The Kier molecular flexibility index (Phi) is 8.16. The van der Waals surface area contributed by atoms with Crippen LogP contribution in [0.25, 0.3) is 0 Å². The van der Waals surface area contributed by atoms with Crippen molar-refractivity contribution in [3.8, 4) is 0 Å². The Morgan fingerprint density at radius 2 is 1.74 bits per heavy atom. The number of hydrogen-bond donors (Lipinski definition) is 0. The van der Waals surface area contributed by atoms with Crippen molar-refractivity contribution in [1.82, 2.24) is 0 Å². The second-order valence-electron chi connectivity index (χ2n) is 10.3. The fourth-order valence-corrected chi connectivity index (χ4v) is 5.06. The van der Waals surface area contributed by atoms with Crippen molar-refractivity contribution >= 4 is 8.32 Å². The second-order valence-corrected chi connectivity index (χ2v) is 15.0. The number of hydrogen-bond acceptors (Lipinski definition) is 5. The molecule has 174 valence electrons. The largest absolute Gasteiger partial charge is 0.411 e. The molecule has 1 aromatic rings. The molecule has 2 heterocycles. The molecule has 6 atom stereocenters. The van der Waals surface area contributed by atoms with E-state index in [1.165, 1.54) is 0 Å². The number of rotatable bonds is 7. The first-order valence-electron chi connectivity index (χ1n) is 11.5. The van der Waals surface area contributed by atoms with Gasteiger partial charge in [0, 0.05) is 12.8 Å². The maximum absolute atomic E-state index is 6.86. The van der Waals surface area contributed by atoms with E-state index in [4.69, 9.17) is 23.4 Å². The van der Waals surface area contributed by atoms with Gasteiger partial charge in [-0.1, -0.05) is 63.3 Å². The molecular formula is C25H40O5Si. The smallest absolute Gasteiger partial charge is 0.192 e. The Balaban J connectivity index is 1.71. The van der Waals surface area contributed by atoms with Crippen LogP contribution in [0.4, 0.5) is 0 Å². The van der Waals surface area contributed by atoms with Crippen LogP contribution in [0.2, 0.25) is 18.1 Å². The summed E-state index contributed by atoms with van der Waals surface area (Å²) < 4.78 is 31.6.